The van der Waals surface area contributed by atoms with Gasteiger partial charge in [-0.05, 0) is 36.7 Å². The summed E-state index contributed by atoms with van der Waals surface area (Å²) >= 11 is -0.371. The van der Waals surface area contributed by atoms with Crippen molar-refractivity contribution in [1.29, 1.82) is 0 Å². The van der Waals surface area contributed by atoms with Crippen LogP contribution >= 0.6 is 11.8 Å². The lowest BCUT2D eigenvalue weighted by Gasteiger charge is -2.22. The molecular formula is C13H12F3NO3S. The van der Waals surface area contributed by atoms with Crippen molar-refractivity contribution in [2.24, 2.45) is 0 Å². The number of rotatable bonds is 3. The first kappa shape index (κ1) is 15.7. The predicted octanol–water partition coefficient (Wildman–Crippen LogP) is 2.99. The SMILES string of the molecule is O=C(O)C1CCCN1C(=O)c1ccccc1SC(F)(F)F. The van der Waals surface area contributed by atoms with Crippen LogP contribution in [-0.4, -0.2) is 40.0 Å². The summed E-state index contributed by atoms with van der Waals surface area (Å²) in [6, 6.07) is 4.38. The molecule has 114 valence electrons. The Morgan fingerprint density at radius 2 is 1.95 bits per heavy atom. The second-order valence-corrected chi connectivity index (χ2v) is 5.65. The normalized spacial score (nSPS) is 18.8. The summed E-state index contributed by atoms with van der Waals surface area (Å²) in [6.45, 7) is 0.237. The number of carbonyl (C=O) groups excluding carboxylic acids is 1. The van der Waals surface area contributed by atoms with Gasteiger partial charge >= 0.3 is 11.5 Å². The maximum atomic E-state index is 12.5. The molecule has 1 amide bonds. The second kappa shape index (κ2) is 5.97. The molecule has 1 atom stereocenters. The minimum Gasteiger partial charge on any atom is -0.480 e. The van der Waals surface area contributed by atoms with Crippen molar-refractivity contribution >= 4 is 23.6 Å². The molecule has 1 heterocycles. The van der Waals surface area contributed by atoms with Crippen LogP contribution in [0.15, 0.2) is 29.2 Å². The van der Waals surface area contributed by atoms with Crippen LogP contribution in [0.1, 0.15) is 23.2 Å². The Kier molecular flexibility index (Phi) is 4.46. The highest BCUT2D eigenvalue weighted by molar-refractivity contribution is 8.00. The molecule has 1 aromatic carbocycles. The highest BCUT2D eigenvalue weighted by atomic mass is 32.2. The predicted molar refractivity (Wildman–Crippen MR) is 70.0 cm³/mol. The fourth-order valence-electron chi connectivity index (χ4n) is 2.28. The first-order valence-electron chi connectivity index (χ1n) is 6.18. The van der Waals surface area contributed by atoms with E-state index in [0.29, 0.717) is 12.8 Å². The molecule has 0 aliphatic carbocycles. The zero-order valence-electron chi connectivity index (χ0n) is 10.8. The van der Waals surface area contributed by atoms with E-state index in [1.165, 1.54) is 24.3 Å². The van der Waals surface area contributed by atoms with E-state index in [0.717, 1.165) is 4.90 Å². The summed E-state index contributed by atoms with van der Waals surface area (Å²) in [5.74, 6) is -1.81. The molecule has 2 rings (SSSR count). The van der Waals surface area contributed by atoms with Crippen LogP contribution in [0.25, 0.3) is 0 Å². The van der Waals surface area contributed by atoms with Crippen LogP contribution in [0.5, 0.6) is 0 Å². The van der Waals surface area contributed by atoms with Crippen LogP contribution < -0.4 is 0 Å². The van der Waals surface area contributed by atoms with Gasteiger partial charge in [-0.2, -0.15) is 13.2 Å². The fourth-order valence-corrected chi connectivity index (χ4v) is 2.94. The first-order valence-corrected chi connectivity index (χ1v) is 7.00. The number of alkyl halides is 3. The van der Waals surface area contributed by atoms with Crippen molar-refractivity contribution in [2.75, 3.05) is 6.54 Å². The Hall–Kier alpha value is -1.70. The summed E-state index contributed by atoms with van der Waals surface area (Å²) in [6.07, 6.45) is 0.840. The molecule has 8 heteroatoms. The number of carboxylic acids is 1. The Labute approximate surface area is 122 Å². The molecule has 21 heavy (non-hydrogen) atoms. The number of carbonyl (C=O) groups is 2. The van der Waals surface area contributed by atoms with Gasteiger partial charge in [-0.3, -0.25) is 4.79 Å². The summed E-state index contributed by atoms with van der Waals surface area (Å²) in [4.78, 5) is 24.3. The molecule has 4 nitrogen and oxygen atoms in total. The summed E-state index contributed by atoms with van der Waals surface area (Å²) in [5.41, 5.74) is -4.62. The number of likely N-dealkylation sites (tertiary alicyclic amines) is 1. The standard InChI is InChI=1S/C13H12F3NO3S/c14-13(15,16)21-10-6-2-1-4-8(10)11(18)17-7-3-5-9(17)12(19)20/h1-2,4,6,9H,3,5,7H2,(H,19,20). The number of nitrogens with zero attached hydrogens (tertiary/aromatic N) is 1. The molecule has 0 spiro atoms. The van der Waals surface area contributed by atoms with Crippen molar-refractivity contribution in [2.45, 2.75) is 29.3 Å². The quantitative estimate of drug-likeness (QED) is 0.870. The number of aliphatic carboxylic acids is 1. The van der Waals surface area contributed by atoms with E-state index < -0.39 is 23.4 Å². The van der Waals surface area contributed by atoms with Gasteiger partial charge < -0.3 is 10.0 Å². The Bertz CT molecular complexity index is 562. The molecule has 1 fully saturated rings. The maximum absolute atomic E-state index is 12.5. The van der Waals surface area contributed by atoms with E-state index in [9.17, 15) is 22.8 Å². The van der Waals surface area contributed by atoms with Gasteiger partial charge in [0.2, 0.25) is 0 Å². The minimum absolute atomic E-state index is 0.118. The Balaban J connectivity index is 2.29. The lowest BCUT2D eigenvalue weighted by atomic mass is 10.1. The first-order chi connectivity index (χ1) is 9.79. The lowest BCUT2D eigenvalue weighted by molar-refractivity contribution is -0.141. The fraction of sp³-hybridized carbons (Fsp3) is 0.385. The molecule has 1 aliphatic rings. The van der Waals surface area contributed by atoms with Crippen molar-refractivity contribution in [1.82, 2.24) is 4.90 Å². The zero-order valence-corrected chi connectivity index (χ0v) is 11.6. The van der Waals surface area contributed by atoms with E-state index in [4.69, 9.17) is 5.11 Å². The van der Waals surface area contributed by atoms with Crippen molar-refractivity contribution in [3.63, 3.8) is 0 Å². The number of thioether (sulfide) groups is 1. The smallest absolute Gasteiger partial charge is 0.446 e. The number of hydrogen-bond donors (Lipinski definition) is 1. The largest absolute Gasteiger partial charge is 0.480 e. The van der Waals surface area contributed by atoms with Crippen molar-refractivity contribution < 1.29 is 27.9 Å². The third-order valence-electron chi connectivity index (χ3n) is 3.14. The zero-order chi connectivity index (χ0) is 15.6. The van der Waals surface area contributed by atoms with Gasteiger partial charge in [0, 0.05) is 11.4 Å². The van der Waals surface area contributed by atoms with Crippen molar-refractivity contribution in [3.8, 4) is 0 Å². The highest BCUT2D eigenvalue weighted by Crippen LogP contribution is 2.39. The van der Waals surface area contributed by atoms with Crippen LogP contribution in [0.3, 0.4) is 0 Å². The number of carboxylic acid groups (broad SMARTS) is 1. The van der Waals surface area contributed by atoms with E-state index in [-0.39, 0.29) is 28.8 Å². The molecule has 1 N–H and O–H groups in total. The molecule has 0 radical (unpaired) electrons. The van der Waals surface area contributed by atoms with Gasteiger partial charge in [0.05, 0.1) is 5.56 Å². The molecule has 1 aromatic rings. The molecule has 0 saturated carbocycles. The highest BCUT2D eigenvalue weighted by Gasteiger charge is 2.37. The molecule has 0 bridgehead atoms. The summed E-state index contributed by atoms with van der Waals surface area (Å²) in [7, 11) is 0. The van der Waals surface area contributed by atoms with Crippen molar-refractivity contribution in [3.05, 3.63) is 29.8 Å². The number of benzene rings is 1. The van der Waals surface area contributed by atoms with Crippen LogP contribution in [0.2, 0.25) is 0 Å². The molecule has 1 unspecified atom stereocenters. The average molecular weight is 319 g/mol. The number of halogens is 3. The van der Waals surface area contributed by atoms with Crippen LogP contribution in [0, 0.1) is 0 Å². The second-order valence-electron chi connectivity index (χ2n) is 4.54. The van der Waals surface area contributed by atoms with E-state index in [2.05, 4.69) is 0 Å². The van der Waals surface area contributed by atoms with Gasteiger partial charge in [0.1, 0.15) is 6.04 Å². The molecular weight excluding hydrogens is 307 g/mol. The topological polar surface area (TPSA) is 57.6 Å². The minimum atomic E-state index is -4.51. The molecule has 1 saturated heterocycles. The third-order valence-corrected chi connectivity index (χ3v) is 3.95. The maximum Gasteiger partial charge on any atom is 0.446 e. The molecule has 0 aromatic heterocycles. The van der Waals surface area contributed by atoms with Gasteiger partial charge in [0.15, 0.2) is 0 Å². The lowest BCUT2D eigenvalue weighted by Crippen LogP contribution is -2.40. The van der Waals surface area contributed by atoms with E-state index in [1.54, 1.807) is 0 Å². The van der Waals surface area contributed by atoms with E-state index in [1.807, 2.05) is 0 Å². The Morgan fingerprint density at radius 3 is 2.57 bits per heavy atom. The summed E-state index contributed by atoms with van der Waals surface area (Å²) in [5, 5.41) is 9.06. The van der Waals surface area contributed by atoms with Gasteiger partial charge in [-0.1, -0.05) is 12.1 Å². The summed E-state index contributed by atoms with van der Waals surface area (Å²) < 4.78 is 37.5. The van der Waals surface area contributed by atoms with Crippen LogP contribution in [-0.2, 0) is 4.79 Å². The van der Waals surface area contributed by atoms with Gasteiger partial charge in [-0.15, -0.1) is 0 Å². The average Bonchev–Trinajstić information content (AvgIpc) is 2.86. The number of hydrogen-bond acceptors (Lipinski definition) is 3. The number of amides is 1. The van der Waals surface area contributed by atoms with Crippen LogP contribution in [0.4, 0.5) is 13.2 Å². The third kappa shape index (κ3) is 3.69. The monoisotopic (exact) mass is 319 g/mol. The van der Waals surface area contributed by atoms with Gasteiger partial charge in [-0.25, -0.2) is 4.79 Å². The van der Waals surface area contributed by atoms with E-state index >= 15 is 0 Å². The van der Waals surface area contributed by atoms with Gasteiger partial charge in [0.25, 0.3) is 5.91 Å². The Morgan fingerprint density at radius 1 is 1.29 bits per heavy atom. The molecule has 1 aliphatic heterocycles.